The Morgan fingerprint density at radius 2 is 1.26 bits per heavy atom. The standard InChI is InChI=1S/C12H14N4O6S/c1-13-9(17)11(19)15-7-3-5-8(6-4-7)23(21,22)16-12(20)10(18)14-2/h3-6H,1-2H3,(H,13,17)(H,14,18)(H,15,19)(H,16,20). The SMILES string of the molecule is CNC(=O)C(=O)Nc1ccc(S(=O)(=O)NC(=O)C(=O)NC)cc1. The maximum Gasteiger partial charge on any atom is 0.322 e. The summed E-state index contributed by atoms with van der Waals surface area (Å²) < 4.78 is 25.4. The molecule has 0 aliphatic rings. The van der Waals surface area contributed by atoms with Crippen LogP contribution in [0.4, 0.5) is 5.69 Å². The lowest BCUT2D eigenvalue weighted by Crippen LogP contribution is -2.41. The summed E-state index contributed by atoms with van der Waals surface area (Å²) in [6.07, 6.45) is 0. The number of benzene rings is 1. The van der Waals surface area contributed by atoms with E-state index in [4.69, 9.17) is 0 Å². The summed E-state index contributed by atoms with van der Waals surface area (Å²) in [6.45, 7) is 0. The highest BCUT2D eigenvalue weighted by molar-refractivity contribution is 7.90. The number of carbonyl (C=O) groups is 4. The van der Waals surface area contributed by atoms with Gasteiger partial charge in [-0.2, -0.15) is 0 Å². The van der Waals surface area contributed by atoms with Crippen molar-refractivity contribution < 1.29 is 27.6 Å². The van der Waals surface area contributed by atoms with E-state index in [9.17, 15) is 27.6 Å². The molecule has 0 unspecified atom stereocenters. The highest BCUT2D eigenvalue weighted by Gasteiger charge is 2.22. The van der Waals surface area contributed by atoms with E-state index >= 15 is 0 Å². The second-order valence-electron chi connectivity index (χ2n) is 4.07. The molecule has 0 aliphatic carbocycles. The van der Waals surface area contributed by atoms with Crippen molar-refractivity contribution in [1.82, 2.24) is 15.4 Å². The van der Waals surface area contributed by atoms with Crippen molar-refractivity contribution in [3.8, 4) is 0 Å². The number of amides is 4. The number of nitrogens with one attached hydrogen (secondary N) is 4. The van der Waals surface area contributed by atoms with Crippen molar-refractivity contribution in [2.75, 3.05) is 19.4 Å². The van der Waals surface area contributed by atoms with Gasteiger partial charge in [-0.15, -0.1) is 0 Å². The zero-order valence-corrected chi connectivity index (χ0v) is 13.0. The van der Waals surface area contributed by atoms with E-state index in [0.717, 1.165) is 12.1 Å². The molecule has 0 fully saturated rings. The minimum Gasteiger partial charge on any atom is -0.351 e. The lowest BCUT2D eigenvalue weighted by Gasteiger charge is -2.08. The first kappa shape index (κ1) is 18.1. The maximum atomic E-state index is 11.9. The molecule has 1 rings (SSSR count). The van der Waals surface area contributed by atoms with Crippen LogP contribution in [0.5, 0.6) is 0 Å². The number of hydrogen-bond acceptors (Lipinski definition) is 6. The molecule has 124 valence electrons. The summed E-state index contributed by atoms with van der Waals surface area (Å²) in [7, 11) is -1.77. The number of likely N-dealkylation sites (N-methyl/N-ethyl adjacent to an activating group) is 2. The third-order valence-electron chi connectivity index (χ3n) is 2.52. The lowest BCUT2D eigenvalue weighted by atomic mass is 10.3. The molecule has 0 saturated heterocycles. The number of rotatable bonds is 3. The molecule has 11 heteroatoms. The molecular weight excluding hydrogens is 328 g/mol. The van der Waals surface area contributed by atoms with Gasteiger partial charge in [0.2, 0.25) is 0 Å². The first-order valence-electron chi connectivity index (χ1n) is 6.13. The molecule has 0 bridgehead atoms. The van der Waals surface area contributed by atoms with E-state index in [-0.39, 0.29) is 10.6 Å². The molecule has 23 heavy (non-hydrogen) atoms. The number of sulfonamides is 1. The van der Waals surface area contributed by atoms with Crippen molar-refractivity contribution in [3.63, 3.8) is 0 Å². The zero-order valence-electron chi connectivity index (χ0n) is 12.2. The van der Waals surface area contributed by atoms with E-state index in [1.165, 1.54) is 26.2 Å². The number of anilines is 1. The smallest absolute Gasteiger partial charge is 0.322 e. The lowest BCUT2D eigenvalue weighted by molar-refractivity contribution is -0.137. The van der Waals surface area contributed by atoms with Gasteiger partial charge in [-0.3, -0.25) is 19.2 Å². The summed E-state index contributed by atoms with van der Waals surface area (Å²) >= 11 is 0. The fourth-order valence-corrected chi connectivity index (χ4v) is 2.31. The Labute approximate surface area is 131 Å². The number of hydrogen-bond donors (Lipinski definition) is 4. The van der Waals surface area contributed by atoms with Gasteiger partial charge in [0.15, 0.2) is 0 Å². The van der Waals surface area contributed by atoms with Gasteiger partial charge in [-0.25, -0.2) is 13.1 Å². The topological polar surface area (TPSA) is 151 Å². The van der Waals surface area contributed by atoms with E-state index in [0.29, 0.717) is 0 Å². The zero-order chi connectivity index (χ0) is 17.6. The third kappa shape index (κ3) is 4.78. The Morgan fingerprint density at radius 1 is 0.783 bits per heavy atom. The van der Waals surface area contributed by atoms with Crippen molar-refractivity contribution in [2.45, 2.75) is 4.90 Å². The van der Waals surface area contributed by atoms with Crippen LogP contribution < -0.4 is 20.7 Å². The Bertz CT molecular complexity index is 741. The Balaban J connectivity index is 2.87. The van der Waals surface area contributed by atoms with Crippen LogP contribution in [0.2, 0.25) is 0 Å². The molecule has 4 amide bonds. The van der Waals surface area contributed by atoms with Crippen LogP contribution in [-0.4, -0.2) is 46.1 Å². The molecule has 1 aromatic rings. The van der Waals surface area contributed by atoms with Gasteiger partial charge in [0.1, 0.15) is 0 Å². The van der Waals surface area contributed by atoms with Gasteiger partial charge in [-0.1, -0.05) is 0 Å². The van der Waals surface area contributed by atoms with Crippen molar-refractivity contribution >= 4 is 39.3 Å². The van der Waals surface area contributed by atoms with Gasteiger partial charge >= 0.3 is 23.6 Å². The van der Waals surface area contributed by atoms with Crippen LogP contribution in [-0.2, 0) is 29.2 Å². The quantitative estimate of drug-likeness (QED) is 0.463. The Hall–Kier alpha value is -2.95. The molecule has 0 radical (unpaired) electrons. The highest BCUT2D eigenvalue weighted by Crippen LogP contribution is 2.13. The average molecular weight is 342 g/mol. The van der Waals surface area contributed by atoms with E-state index in [1.54, 1.807) is 4.72 Å². The van der Waals surface area contributed by atoms with Crippen LogP contribution in [0.25, 0.3) is 0 Å². The summed E-state index contributed by atoms with van der Waals surface area (Å²) in [6, 6.07) is 4.64. The third-order valence-corrected chi connectivity index (χ3v) is 3.86. The van der Waals surface area contributed by atoms with Gasteiger partial charge in [0.05, 0.1) is 4.90 Å². The minimum atomic E-state index is -4.23. The summed E-state index contributed by atoms with van der Waals surface area (Å²) in [5.74, 6) is -4.22. The summed E-state index contributed by atoms with van der Waals surface area (Å²) in [4.78, 5) is 44.4. The van der Waals surface area contributed by atoms with E-state index in [1.807, 2.05) is 5.32 Å². The molecule has 0 spiro atoms. The molecular formula is C12H14N4O6S. The molecule has 0 aliphatic heterocycles. The van der Waals surface area contributed by atoms with E-state index < -0.39 is 33.7 Å². The van der Waals surface area contributed by atoms with Crippen molar-refractivity contribution in [2.24, 2.45) is 0 Å². The highest BCUT2D eigenvalue weighted by atomic mass is 32.2. The van der Waals surface area contributed by atoms with Crippen LogP contribution in [0, 0.1) is 0 Å². The first-order valence-corrected chi connectivity index (χ1v) is 7.61. The van der Waals surface area contributed by atoms with Crippen LogP contribution >= 0.6 is 0 Å². The molecule has 1 aromatic carbocycles. The first-order chi connectivity index (χ1) is 10.7. The summed E-state index contributed by atoms with van der Waals surface area (Å²) in [5.41, 5.74) is 0.176. The van der Waals surface area contributed by atoms with Crippen LogP contribution in [0.15, 0.2) is 29.2 Å². The maximum absolute atomic E-state index is 11.9. The average Bonchev–Trinajstić information content (AvgIpc) is 2.53. The molecule has 0 heterocycles. The fraction of sp³-hybridized carbons (Fsp3) is 0.167. The van der Waals surface area contributed by atoms with Gasteiger partial charge in [-0.05, 0) is 24.3 Å². The van der Waals surface area contributed by atoms with Crippen molar-refractivity contribution in [1.29, 1.82) is 0 Å². The Kier molecular flexibility index (Phi) is 5.79. The van der Waals surface area contributed by atoms with Crippen molar-refractivity contribution in [3.05, 3.63) is 24.3 Å². The normalized spacial score (nSPS) is 10.3. The predicted octanol–water partition coefficient (Wildman–Crippen LogP) is -2.08. The second kappa shape index (κ2) is 7.35. The summed E-state index contributed by atoms with van der Waals surface area (Å²) in [5, 5.41) is 6.35. The molecule has 10 nitrogen and oxygen atoms in total. The largest absolute Gasteiger partial charge is 0.351 e. The monoisotopic (exact) mass is 342 g/mol. The fourth-order valence-electron chi connectivity index (χ4n) is 1.36. The van der Waals surface area contributed by atoms with Crippen LogP contribution in [0.1, 0.15) is 0 Å². The molecule has 0 saturated carbocycles. The number of carbonyl (C=O) groups excluding carboxylic acids is 4. The Morgan fingerprint density at radius 3 is 1.74 bits per heavy atom. The van der Waals surface area contributed by atoms with Gasteiger partial charge in [0.25, 0.3) is 10.0 Å². The van der Waals surface area contributed by atoms with Crippen LogP contribution in [0.3, 0.4) is 0 Å². The second-order valence-corrected chi connectivity index (χ2v) is 5.75. The molecule has 0 aromatic heterocycles. The van der Waals surface area contributed by atoms with E-state index in [2.05, 4.69) is 10.6 Å². The molecule has 4 N–H and O–H groups in total. The predicted molar refractivity (Wildman–Crippen MR) is 78.5 cm³/mol. The van der Waals surface area contributed by atoms with Gasteiger partial charge < -0.3 is 16.0 Å². The van der Waals surface area contributed by atoms with Gasteiger partial charge in [0, 0.05) is 19.8 Å². The minimum absolute atomic E-state index is 0.176. The molecule has 0 atom stereocenters.